The van der Waals surface area contributed by atoms with E-state index in [0.717, 1.165) is 30.6 Å². The Morgan fingerprint density at radius 1 is 1.26 bits per heavy atom. The van der Waals surface area contributed by atoms with E-state index in [9.17, 15) is 13.2 Å². The number of amides is 1. The second-order valence-corrected chi connectivity index (χ2v) is 9.34. The molecule has 1 aliphatic carbocycles. The molecule has 6 nitrogen and oxygen atoms in total. The van der Waals surface area contributed by atoms with E-state index in [1.165, 1.54) is 19.2 Å². The molecule has 1 fully saturated rings. The van der Waals surface area contributed by atoms with Gasteiger partial charge >= 0.3 is 0 Å². The molecule has 27 heavy (non-hydrogen) atoms. The largest absolute Gasteiger partial charge is 0.495 e. The molecule has 1 aromatic carbocycles. The summed E-state index contributed by atoms with van der Waals surface area (Å²) in [5, 5.41) is 4.85. The van der Waals surface area contributed by atoms with E-state index in [1.807, 2.05) is 24.4 Å². The molecule has 0 radical (unpaired) electrons. The Morgan fingerprint density at radius 3 is 2.63 bits per heavy atom. The third-order valence-electron chi connectivity index (χ3n) is 4.71. The lowest BCUT2D eigenvalue weighted by Crippen LogP contribution is -2.33. The number of thiophene rings is 1. The summed E-state index contributed by atoms with van der Waals surface area (Å²) >= 11 is 1.56. The summed E-state index contributed by atoms with van der Waals surface area (Å²) in [5.74, 6) is -0.0979. The van der Waals surface area contributed by atoms with Gasteiger partial charge in [-0.05, 0) is 49.4 Å². The number of methoxy groups -OCH3 is 1. The fourth-order valence-electron chi connectivity index (χ4n) is 3.24. The molecule has 2 aromatic rings. The Hall–Kier alpha value is -1.90. The van der Waals surface area contributed by atoms with Crippen LogP contribution in [0, 0.1) is 0 Å². The topological polar surface area (TPSA) is 84.5 Å². The maximum absolute atomic E-state index is 12.8. The van der Waals surface area contributed by atoms with Crippen LogP contribution in [0.5, 0.6) is 5.75 Å². The summed E-state index contributed by atoms with van der Waals surface area (Å²) in [5.41, 5.74) is 0.283. The zero-order valence-electron chi connectivity index (χ0n) is 15.4. The van der Waals surface area contributed by atoms with Crippen molar-refractivity contribution in [2.24, 2.45) is 0 Å². The molecule has 146 valence electrons. The van der Waals surface area contributed by atoms with Crippen LogP contribution in [0.2, 0.25) is 0 Å². The molecular weight excluding hydrogens is 384 g/mol. The number of benzene rings is 1. The molecule has 0 bridgehead atoms. The minimum absolute atomic E-state index is 0.00618. The summed E-state index contributed by atoms with van der Waals surface area (Å²) in [6.45, 7) is 1.90. The standard InChI is InChI=1S/C19H24N2O4S2/c1-13(17-8-5-11-26-17)20-19(22)14-9-10-16(25-2)18(12-14)27(23,24)21-15-6-3-4-7-15/h5,8-13,15,21H,3-4,6-7H2,1-2H3,(H,20,22)/t13-/m1/s1. The molecule has 8 heteroatoms. The number of hydrogen-bond donors (Lipinski definition) is 2. The van der Waals surface area contributed by atoms with E-state index in [1.54, 1.807) is 17.4 Å². The van der Waals surface area contributed by atoms with Crippen LogP contribution in [-0.2, 0) is 10.0 Å². The third-order valence-corrected chi connectivity index (χ3v) is 7.31. The second-order valence-electron chi connectivity index (χ2n) is 6.68. The minimum Gasteiger partial charge on any atom is -0.495 e. The van der Waals surface area contributed by atoms with Gasteiger partial charge in [-0.25, -0.2) is 13.1 Å². The van der Waals surface area contributed by atoms with E-state index in [4.69, 9.17) is 4.74 Å². The maximum Gasteiger partial charge on any atom is 0.251 e. The highest BCUT2D eigenvalue weighted by atomic mass is 32.2. The molecule has 1 saturated carbocycles. The fraction of sp³-hybridized carbons (Fsp3) is 0.421. The molecule has 1 aromatic heterocycles. The molecule has 2 N–H and O–H groups in total. The van der Waals surface area contributed by atoms with Crippen LogP contribution in [-0.4, -0.2) is 27.5 Å². The van der Waals surface area contributed by atoms with Gasteiger partial charge in [0.15, 0.2) is 0 Å². The van der Waals surface area contributed by atoms with Gasteiger partial charge in [-0.1, -0.05) is 18.9 Å². The second kappa shape index (κ2) is 8.41. The molecule has 3 rings (SSSR count). The lowest BCUT2D eigenvalue weighted by atomic mass is 10.2. The monoisotopic (exact) mass is 408 g/mol. The van der Waals surface area contributed by atoms with Gasteiger partial charge in [0, 0.05) is 16.5 Å². The number of ether oxygens (including phenoxy) is 1. The summed E-state index contributed by atoms with van der Waals surface area (Å²) in [6.07, 6.45) is 3.71. The lowest BCUT2D eigenvalue weighted by Gasteiger charge is -2.16. The number of nitrogens with one attached hydrogen (secondary N) is 2. The first-order valence-electron chi connectivity index (χ1n) is 8.95. The van der Waals surface area contributed by atoms with E-state index < -0.39 is 10.0 Å². The molecule has 1 atom stereocenters. The van der Waals surface area contributed by atoms with Gasteiger partial charge in [-0.2, -0.15) is 0 Å². The summed E-state index contributed by atoms with van der Waals surface area (Å²) in [7, 11) is -2.35. The third kappa shape index (κ3) is 4.69. The zero-order chi connectivity index (χ0) is 19.4. The first-order valence-corrected chi connectivity index (χ1v) is 11.3. The van der Waals surface area contributed by atoms with Crippen molar-refractivity contribution in [3.05, 3.63) is 46.2 Å². The number of hydrogen-bond acceptors (Lipinski definition) is 5. The van der Waals surface area contributed by atoms with Crippen LogP contribution in [0.1, 0.15) is 53.9 Å². The van der Waals surface area contributed by atoms with Crippen molar-refractivity contribution < 1.29 is 17.9 Å². The van der Waals surface area contributed by atoms with Crippen LogP contribution in [0.3, 0.4) is 0 Å². The molecular formula is C19H24N2O4S2. The van der Waals surface area contributed by atoms with Gasteiger partial charge in [-0.3, -0.25) is 4.79 Å². The number of carbonyl (C=O) groups is 1. The van der Waals surface area contributed by atoms with E-state index in [2.05, 4.69) is 10.0 Å². The van der Waals surface area contributed by atoms with Crippen molar-refractivity contribution in [3.8, 4) is 5.75 Å². The van der Waals surface area contributed by atoms with Gasteiger partial charge in [-0.15, -0.1) is 11.3 Å². The average molecular weight is 409 g/mol. The molecule has 0 aliphatic heterocycles. The van der Waals surface area contributed by atoms with Gasteiger partial charge in [0.25, 0.3) is 5.91 Å². The predicted octanol–water partition coefficient (Wildman–Crippen LogP) is 3.47. The number of carbonyl (C=O) groups excluding carboxylic acids is 1. The Kier molecular flexibility index (Phi) is 6.18. The van der Waals surface area contributed by atoms with Crippen molar-refractivity contribution in [2.75, 3.05) is 7.11 Å². The van der Waals surface area contributed by atoms with Crippen LogP contribution in [0.4, 0.5) is 0 Å². The first-order chi connectivity index (χ1) is 12.9. The molecule has 1 aliphatic rings. The maximum atomic E-state index is 12.8. The Labute approximate surface area is 164 Å². The van der Waals surface area contributed by atoms with Crippen molar-refractivity contribution >= 4 is 27.3 Å². The van der Waals surface area contributed by atoms with Gasteiger partial charge in [0.2, 0.25) is 10.0 Å². The van der Waals surface area contributed by atoms with Crippen molar-refractivity contribution in [1.82, 2.24) is 10.0 Å². The van der Waals surface area contributed by atoms with Crippen molar-refractivity contribution in [1.29, 1.82) is 0 Å². The van der Waals surface area contributed by atoms with E-state index in [-0.39, 0.29) is 34.2 Å². The minimum atomic E-state index is -3.77. The molecule has 1 amide bonds. The summed E-state index contributed by atoms with van der Waals surface area (Å²) in [6, 6.07) is 8.14. The average Bonchev–Trinajstić information content (AvgIpc) is 3.34. The molecule has 0 spiro atoms. The van der Waals surface area contributed by atoms with Gasteiger partial charge in [0.05, 0.1) is 13.2 Å². The lowest BCUT2D eigenvalue weighted by molar-refractivity contribution is 0.0940. The number of sulfonamides is 1. The highest BCUT2D eigenvalue weighted by Gasteiger charge is 2.27. The summed E-state index contributed by atoms with van der Waals surface area (Å²) in [4.78, 5) is 13.6. The Balaban J connectivity index is 1.83. The Bertz CT molecular complexity index is 888. The molecule has 0 unspecified atom stereocenters. The van der Waals surface area contributed by atoms with Crippen LogP contribution < -0.4 is 14.8 Å². The zero-order valence-corrected chi connectivity index (χ0v) is 17.0. The van der Waals surface area contributed by atoms with E-state index in [0.29, 0.717) is 0 Å². The van der Waals surface area contributed by atoms with Gasteiger partial charge < -0.3 is 10.1 Å². The van der Waals surface area contributed by atoms with Crippen molar-refractivity contribution in [2.45, 2.75) is 49.6 Å². The Morgan fingerprint density at radius 2 is 2.00 bits per heavy atom. The summed E-state index contributed by atoms with van der Waals surface area (Å²) < 4.78 is 33.6. The van der Waals surface area contributed by atoms with Crippen LogP contribution in [0.15, 0.2) is 40.6 Å². The predicted molar refractivity (Wildman–Crippen MR) is 106 cm³/mol. The fourth-order valence-corrected chi connectivity index (χ4v) is 5.48. The number of rotatable bonds is 7. The molecule has 0 saturated heterocycles. The van der Waals surface area contributed by atoms with Crippen LogP contribution in [0.25, 0.3) is 0 Å². The van der Waals surface area contributed by atoms with Crippen molar-refractivity contribution in [3.63, 3.8) is 0 Å². The smallest absolute Gasteiger partial charge is 0.251 e. The van der Waals surface area contributed by atoms with Gasteiger partial charge in [0.1, 0.15) is 10.6 Å². The first kappa shape index (κ1) is 19.9. The molecule has 1 heterocycles. The SMILES string of the molecule is COc1ccc(C(=O)N[C@H](C)c2cccs2)cc1S(=O)(=O)NC1CCCC1. The highest BCUT2D eigenvalue weighted by molar-refractivity contribution is 7.89. The normalized spacial score (nSPS) is 16.2. The van der Waals surface area contributed by atoms with E-state index >= 15 is 0 Å². The quantitative estimate of drug-likeness (QED) is 0.735. The highest BCUT2D eigenvalue weighted by Crippen LogP contribution is 2.28. The van der Waals surface area contributed by atoms with Crippen LogP contribution >= 0.6 is 11.3 Å².